The maximum Gasteiger partial charge on any atom is 0.410 e. The number of likely N-dealkylation sites (N-methyl/N-ethyl adjacent to an activating group) is 1. The molecular formula is C40H48Br2Cl3F2N9O5. The van der Waals surface area contributed by atoms with E-state index in [-0.39, 0.29) is 59.5 Å². The number of carbonyl (C=O) groups is 2. The van der Waals surface area contributed by atoms with Crippen LogP contribution < -0.4 is 14.5 Å². The summed E-state index contributed by atoms with van der Waals surface area (Å²) in [5.74, 6) is -0.115. The molecule has 0 N–H and O–H groups in total. The minimum absolute atomic E-state index is 0.0554. The van der Waals surface area contributed by atoms with Gasteiger partial charge in [0, 0.05) is 69.2 Å². The number of rotatable bonds is 5. The number of hydrogen-bond acceptors (Lipinski definition) is 12. The lowest BCUT2D eigenvalue weighted by molar-refractivity contribution is 0.0230. The maximum absolute atomic E-state index is 15.1. The van der Waals surface area contributed by atoms with E-state index in [4.69, 9.17) is 49.0 Å². The largest absolute Gasteiger partial charge is 0.462 e. The summed E-state index contributed by atoms with van der Waals surface area (Å²) in [6.45, 7) is 16.3. The van der Waals surface area contributed by atoms with Gasteiger partial charge < -0.3 is 38.7 Å². The van der Waals surface area contributed by atoms with Crippen molar-refractivity contribution in [2.45, 2.75) is 71.6 Å². The van der Waals surface area contributed by atoms with Gasteiger partial charge in [0.1, 0.15) is 40.5 Å². The Labute approximate surface area is 385 Å². The van der Waals surface area contributed by atoms with Crippen molar-refractivity contribution in [1.82, 2.24) is 34.6 Å². The highest BCUT2D eigenvalue weighted by Gasteiger charge is 2.31. The van der Waals surface area contributed by atoms with Gasteiger partial charge in [-0.15, -0.1) is 0 Å². The lowest BCUT2D eigenvalue weighted by atomic mass is 10.2. The molecule has 0 unspecified atom stereocenters. The molecule has 0 bridgehead atoms. The number of carbonyl (C=O) groups excluding carboxylic acids is 2. The van der Waals surface area contributed by atoms with E-state index in [1.54, 1.807) is 21.9 Å². The second kappa shape index (κ2) is 19.2. The normalized spacial score (nSPS) is 17.8. The van der Waals surface area contributed by atoms with Crippen molar-refractivity contribution in [2.75, 3.05) is 82.4 Å². The van der Waals surface area contributed by atoms with E-state index in [1.807, 2.05) is 51.3 Å². The summed E-state index contributed by atoms with van der Waals surface area (Å²) in [5.41, 5.74) is -0.869. The van der Waals surface area contributed by atoms with Crippen molar-refractivity contribution in [3.63, 3.8) is 0 Å². The van der Waals surface area contributed by atoms with Crippen LogP contribution in [0.25, 0.3) is 21.8 Å². The van der Waals surface area contributed by atoms with Crippen LogP contribution in [0.4, 0.5) is 30.0 Å². The van der Waals surface area contributed by atoms with Crippen molar-refractivity contribution >= 4 is 112 Å². The fourth-order valence-corrected chi connectivity index (χ4v) is 8.18. The minimum Gasteiger partial charge on any atom is -0.462 e. The Kier molecular flexibility index (Phi) is 14.9. The molecule has 2 aromatic heterocycles. The summed E-state index contributed by atoms with van der Waals surface area (Å²) in [7, 11) is 2.07. The first-order valence-corrected chi connectivity index (χ1v) is 22.5. The second-order valence-corrected chi connectivity index (χ2v) is 19.6. The Morgan fingerprint density at radius 2 is 1.15 bits per heavy atom. The highest BCUT2D eigenvalue weighted by molar-refractivity contribution is 9.11. The van der Waals surface area contributed by atoms with E-state index >= 15 is 4.39 Å². The first kappa shape index (κ1) is 47.2. The molecule has 21 heteroatoms. The van der Waals surface area contributed by atoms with Crippen LogP contribution in [0.1, 0.15) is 54.4 Å². The van der Waals surface area contributed by atoms with Crippen molar-refractivity contribution in [3.8, 4) is 6.01 Å². The van der Waals surface area contributed by atoms with Crippen LogP contribution >= 0.6 is 66.7 Å². The number of amides is 2. The van der Waals surface area contributed by atoms with Crippen LogP contribution in [0, 0.1) is 11.6 Å². The molecule has 2 aromatic carbocycles. The van der Waals surface area contributed by atoms with Crippen LogP contribution in [0.5, 0.6) is 6.01 Å². The molecule has 61 heavy (non-hydrogen) atoms. The molecule has 332 valence electrons. The number of ether oxygens (including phenoxy) is 3. The van der Waals surface area contributed by atoms with Crippen LogP contribution in [0.15, 0.2) is 21.1 Å². The Bertz CT molecular complexity index is 2290. The van der Waals surface area contributed by atoms with E-state index in [9.17, 15) is 14.0 Å². The molecule has 2 amide bonds. The molecule has 3 saturated heterocycles. The quantitative estimate of drug-likeness (QED) is 0.139. The van der Waals surface area contributed by atoms with Crippen molar-refractivity contribution in [2.24, 2.45) is 0 Å². The summed E-state index contributed by atoms with van der Waals surface area (Å²) in [5, 5.41) is 1.38. The molecule has 14 nitrogen and oxygen atoms in total. The zero-order chi connectivity index (χ0) is 44.6. The summed E-state index contributed by atoms with van der Waals surface area (Å²) in [4.78, 5) is 51.4. The second-order valence-electron chi connectivity index (χ2n) is 16.9. The van der Waals surface area contributed by atoms with Gasteiger partial charge in [-0.2, -0.15) is 15.0 Å². The third kappa shape index (κ3) is 11.5. The Hall–Kier alpha value is -3.29. The number of piperazine rings is 2. The summed E-state index contributed by atoms with van der Waals surface area (Å²) >= 11 is 24.7. The number of fused-ring (bicyclic) bond motifs is 2. The highest BCUT2D eigenvalue weighted by atomic mass is 79.9. The molecule has 7 rings (SSSR count). The monoisotopic (exact) mass is 1040 g/mol. The highest BCUT2D eigenvalue weighted by Crippen LogP contribution is 2.38. The van der Waals surface area contributed by atoms with Gasteiger partial charge in [0.15, 0.2) is 11.6 Å². The van der Waals surface area contributed by atoms with Crippen LogP contribution in [-0.4, -0.2) is 137 Å². The zero-order valence-electron chi connectivity index (χ0n) is 34.9. The fourth-order valence-electron chi connectivity index (χ4n) is 7.03. The van der Waals surface area contributed by atoms with E-state index in [2.05, 4.69) is 63.7 Å². The van der Waals surface area contributed by atoms with Gasteiger partial charge in [0.05, 0.1) is 19.0 Å². The Balaban J connectivity index is 0.000000210. The third-order valence-corrected chi connectivity index (χ3v) is 12.9. The van der Waals surface area contributed by atoms with Gasteiger partial charge in [0.2, 0.25) is 5.28 Å². The molecule has 4 aromatic rings. The molecule has 0 saturated carbocycles. The molecule has 3 fully saturated rings. The number of benzene rings is 2. The van der Waals surface area contributed by atoms with E-state index in [0.717, 1.165) is 19.4 Å². The van der Waals surface area contributed by atoms with E-state index in [1.165, 1.54) is 0 Å². The molecule has 0 radical (unpaired) electrons. The smallest absolute Gasteiger partial charge is 0.410 e. The first-order valence-electron chi connectivity index (χ1n) is 19.7. The molecule has 3 aliphatic rings. The summed E-state index contributed by atoms with van der Waals surface area (Å²) in [6.07, 6.45) is 1.46. The lowest BCUT2D eigenvalue weighted by Crippen LogP contribution is -2.50. The van der Waals surface area contributed by atoms with Gasteiger partial charge in [0.25, 0.3) is 0 Å². The van der Waals surface area contributed by atoms with Crippen molar-refractivity contribution in [1.29, 1.82) is 0 Å². The number of halogens is 7. The van der Waals surface area contributed by atoms with Gasteiger partial charge >= 0.3 is 18.2 Å². The fraction of sp³-hybridized carbons (Fsp3) is 0.550. The summed E-state index contributed by atoms with van der Waals surface area (Å²) in [6, 6.07) is 3.68. The van der Waals surface area contributed by atoms with Crippen molar-refractivity contribution < 1.29 is 32.6 Å². The topological polar surface area (TPSA) is 130 Å². The molecule has 1 atom stereocenters. The number of hydrogen-bond donors (Lipinski definition) is 0. The minimum atomic E-state index is -0.588. The van der Waals surface area contributed by atoms with Gasteiger partial charge in [-0.3, -0.25) is 0 Å². The predicted molar refractivity (Wildman–Crippen MR) is 241 cm³/mol. The molecule has 0 spiro atoms. The maximum atomic E-state index is 15.1. The number of nitrogens with zero attached hydrogens (tertiary/aromatic N) is 9. The Morgan fingerprint density at radius 1 is 0.705 bits per heavy atom. The molecule has 0 aliphatic carbocycles. The van der Waals surface area contributed by atoms with E-state index in [0.29, 0.717) is 81.4 Å². The van der Waals surface area contributed by atoms with Crippen LogP contribution in [0.2, 0.25) is 15.3 Å². The molecular weight excluding hydrogens is 991 g/mol. The standard InChI is InChI=1S/C23H30BrClFN5O3.C17H18BrCl2FN4O2/c1-23(2,3)34-22(32)31-10-8-30(9-11-31)20-15-12-16(25)17(24)18(26)19(15)27-21(28-20)33-13-14-6-5-7-29(14)4;1-17(2,3)27-16(26)25-6-4-24(5-7-25)14-9-8-10(19)11(18)12(21)13(9)22-15(20)23-14/h12,14H,5-11,13H2,1-4H3;8H,4-7H2,1-3H3/t14-;/m0./s1. The SMILES string of the molecule is CC(C)(C)OC(=O)N1CCN(c2nc(Cl)nc3c(F)c(Br)c(Cl)cc23)CC1.CN1CCC[C@H]1COc1nc(N2CCN(C(=O)OC(C)(C)C)CC2)c2cc(Cl)c(Br)c(F)c2n1. The molecule has 3 aliphatic heterocycles. The van der Waals surface area contributed by atoms with Crippen molar-refractivity contribution in [3.05, 3.63) is 48.0 Å². The Morgan fingerprint density at radius 3 is 1.57 bits per heavy atom. The van der Waals surface area contributed by atoms with Gasteiger partial charge in [-0.05, 0) is 124 Å². The van der Waals surface area contributed by atoms with Crippen LogP contribution in [-0.2, 0) is 9.47 Å². The van der Waals surface area contributed by atoms with Crippen LogP contribution in [0.3, 0.4) is 0 Å². The number of aromatic nitrogens is 4. The average Bonchev–Trinajstić information content (AvgIpc) is 3.61. The predicted octanol–water partition coefficient (Wildman–Crippen LogP) is 9.61. The van der Waals surface area contributed by atoms with Gasteiger partial charge in [-0.1, -0.05) is 23.2 Å². The zero-order valence-corrected chi connectivity index (χ0v) is 40.4. The third-order valence-electron chi connectivity index (χ3n) is 10.1. The summed E-state index contributed by atoms with van der Waals surface area (Å²) < 4.78 is 46.8. The van der Waals surface area contributed by atoms with Gasteiger partial charge in [-0.25, -0.2) is 23.4 Å². The number of anilines is 2. The van der Waals surface area contributed by atoms with E-state index < -0.39 is 22.8 Å². The number of likely N-dealkylation sites (tertiary alicyclic amines) is 1. The lowest BCUT2D eigenvalue weighted by Gasteiger charge is -2.36. The molecule has 5 heterocycles. The average molecular weight is 1040 g/mol. The first-order chi connectivity index (χ1) is 28.6.